The van der Waals surface area contributed by atoms with Gasteiger partial charge in [0.1, 0.15) is 17.1 Å². The lowest BCUT2D eigenvalue weighted by atomic mass is 9.97. The topological polar surface area (TPSA) is 42.7 Å². The molecule has 0 aliphatic rings. The van der Waals surface area contributed by atoms with Crippen LogP contribution in [0.1, 0.15) is 131 Å². The lowest BCUT2D eigenvalue weighted by Gasteiger charge is -2.22. The molecule has 0 amide bonds. The van der Waals surface area contributed by atoms with E-state index in [2.05, 4.69) is 38.7 Å². The number of hydrogen-bond acceptors (Lipinski definition) is 4. The van der Waals surface area contributed by atoms with Gasteiger partial charge in [0.2, 0.25) is 0 Å². The lowest BCUT2D eigenvalue weighted by molar-refractivity contribution is 0.103. The van der Waals surface area contributed by atoms with E-state index in [-0.39, 0.29) is 5.78 Å². The number of hydrogen-bond donors (Lipinski definition) is 0. The maximum Gasteiger partial charge on any atom is 0.197 e. The van der Waals surface area contributed by atoms with Crippen molar-refractivity contribution >= 4 is 16.8 Å². The van der Waals surface area contributed by atoms with E-state index in [1.807, 2.05) is 36.4 Å². The van der Waals surface area contributed by atoms with Crippen molar-refractivity contribution in [1.82, 2.24) is 4.90 Å². The molecule has 3 rings (SSSR count). The van der Waals surface area contributed by atoms with Crippen LogP contribution in [0.2, 0.25) is 0 Å². The Morgan fingerprint density at radius 1 is 0.732 bits per heavy atom. The van der Waals surface area contributed by atoms with Crippen molar-refractivity contribution in [2.24, 2.45) is 0 Å². The third-order valence-electron chi connectivity index (χ3n) is 8.06. The summed E-state index contributed by atoms with van der Waals surface area (Å²) in [4.78, 5) is 16.3. The van der Waals surface area contributed by atoms with Crippen molar-refractivity contribution in [3.05, 3.63) is 64.9 Å². The molecular formula is C37H55NO3. The summed E-state index contributed by atoms with van der Waals surface area (Å²) >= 11 is 0. The maximum atomic E-state index is 13.6. The fraction of sp³-hybridized carbons (Fsp3) is 0.595. The molecule has 0 saturated carbocycles. The van der Waals surface area contributed by atoms with Crippen molar-refractivity contribution in [3.63, 3.8) is 0 Å². The first-order valence-electron chi connectivity index (χ1n) is 16.6. The van der Waals surface area contributed by atoms with E-state index >= 15 is 0 Å². The van der Waals surface area contributed by atoms with Gasteiger partial charge in [-0.2, -0.15) is 0 Å². The Hall–Kier alpha value is -2.59. The molecule has 4 heteroatoms. The predicted molar refractivity (Wildman–Crippen MR) is 174 cm³/mol. The van der Waals surface area contributed by atoms with E-state index in [9.17, 15) is 4.79 Å². The second-order valence-corrected chi connectivity index (χ2v) is 11.7. The molecule has 0 N–H and O–H groups in total. The summed E-state index contributed by atoms with van der Waals surface area (Å²) < 4.78 is 12.2. The third-order valence-corrected chi connectivity index (χ3v) is 8.06. The Bertz CT molecular complexity index is 1150. The summed E-state index contributed by atoms with van der Waals surface area (Å²) in [7, 11) is 0. The van der Waals surface area contributed by atoms with Gasteiger partial charge in [0.15, 0.2) is 5.78 Å². The summed E-state index contributed by atoms with van der Waals surface area (Å²) in [6.07, 6.45) is 17.3. The van der Waals surface area contributed by atoms with Crippen LogP contribution in [0.15, 0.2) is 46.9 Å². The molecule has 2 aromatic carbocycles. The van der Waals surface area contributed by atoms with Gasteiger partial charge in [-0.05, 0) is 82.1 Å². The van der Waals surface area contributed by atoms with Crippen LogP contribution in [0.4, 0.5) is 0 Å². The molecule has 0 spiro atoms. The Morgan fingerprint density at radius 2 is 1.37 bits per heavy atom. The van der Waals surface area contributed by atoms with Crippen molar-refractivity contribution in [3.8, 4) is 5.75 Å². The molecule has 0 fully saturated rings. The monoisotopic (exact) mass is 561 g/mol. The molecule has 1 aromatic heterocycles. The van der Waals surface area contributed by atoms with Crippen LogP contribution < -0.4 is 4.74 Å². The van der Waals surface area contributed by atoms with E-state index in [0.29, 0.717) is 12.2 Å². The first kappa shape index (κ1) is 32.9. The second-order valence-electron chi connectivity index (χ2n) is 11.7. The first-order valence-corrected chi connectivity index (χ1v) is 16.6. The Morgan fingerprint density at radius 3 is 2.07 bits per heavy atom. The fourth-order valence-electron chi connectivity index (χ4n) is 5.54. The van der Waals surface area contributed by atoms with Crippen LogP contribution in [0.5, 0.6) is 5.75 Å². The molecule has 0 radical (unpaired) electrons. The van der Waals surface area contributed by atoms with Crippen molar-refractivity contribution in [2.45, 2.75) is 118 Å². The highest BCUT2D eigenvalue weighted by Gasteiger charge is 2.22. The molecule has 0 aliphatic carbocycles. The molecule has 0 bridgehead atoms. The van der Waals surface area contributed by atoms with Gasteiger partial charge in [0.25, 0.3) is 0 Å². The van der Waals surface area contributed by atoms with Gasteiger partial charge in [-0.15, -0.1) is 0 Å². The van der Waals surface area contributed by atoms with Crippen LogP contribution in [0.25, 0.3) is 11.0 Å². The van der Waals surface area contributed by atoms with Crippen LogP contribution in [-0.2, 0) is 6.42 Å². The number of ether oxygens (including phenoxy) is 1. The first-order chi connectivity index (χ1) is 20.1. The van der Waals surface area contributed by atoms with Crippen LogP contribution >= 0.6 is 0 Å². The number of ketones is 1. The highest BCUT2D eigenvalue weighted by atomic mass is 16.5. The van der Waals surface area contributed by atoms with Gasteiger partial charge < -0.3 is 14.1 Å². The van der Waals surface area contributed by atoms with Gasteiger partial charge >= 0.3 is 0 Å². The standard InChI is InChI=1S/C37H55NO3/c1-5-8-11-12-13-14-15-16-26-38(25-10-7-3)27-17-28-40-32-22-20-31(21-23-32)37(39)36-33-29-30(4)19-24-34(33)41-35(36)18-9-6-2/h19-24,29H,5-18,25-28H2,1-4H3. The number of nitrogens with zero attached hydrogens (tertiary/aromatic N) is 1. The second kappa shape index (κ2) is 18.8. The van der Waals surface area contributed by atoms with E-state index in [1.54, 1.807) is 0 Å². The number of carbonyl (C=O) groups excluding carboxylic acids is 1. The Labute approximate surface area is 249 Å². The number of furan rings is 1. The van der Waals surface area contributed by atoms with Crippen LogP contribution in [0.3, 0.4) is 0 Å². The van der Waals surface area contributed by atoms with Crippen LogP contribution in [-0.4, -0.2) is 36.9 Å². The molecule has 41 heavy (non-hydrogen) atoms. The number of unbranched alkanes of at least 4 members (excludes halogenated alkanes) is 9. The lowest BCUT2D eigenvalue weighted by Crippen LogP contribution is -2.28. The van der Waals surface area contributed by atoms with Gasteiger partial charge in [0.05, 0.1) is 12.2 Å². The van der Waals surface area contributed by atoms with Crippen molar-refractivity contribution in [2.75, 3.05) is 26.2 Å². The van der Waals surface area contributed by atoms with Gasteiger partial charge in [-0.25, -0.2) is 0 Å². The normalized spacial score (nSPS) is 11.5. The molecule has 0 atom stereocenters. The predicted octanol–water partition coefficient (Wildman–Crippen LogP) is 10.3. The summed E-state index contributed by atoms with van der Waals surface area (Å²) in [5.74, 6) is 1.65. The average molecular weight is 562 g/mol. The van der Waals surface area contributed by atoms with E-state index in [1.165, 1.54) is 77.3 Å². The number of rotatable bonds is 22. The number of fused-ring (bicyclic) bond motifs is 1. The fourth-order valence-corrected chi connectivity index (χ4v) is 5.54. The zero-order valence-electron chi connectivity index (χ0n) is 26.4. The van der Waals surface area contributed by atoms with Crippen LogP contribution in [0, 0.1) is 6.92 Å². The van der Waals surface area contributed by atoms with Crippen molar-refractivity contribution < 1.29 is 13.9 Å². The molecular weight excluding hydrogens is 506 g/mol. The SMILES string of the molecule is CCCCCCCCCCN(CCCC)CCCOc1ccc(C(=O)c2c(CCCC)oc3ccc(C)cc23)cc1. The maximum absolute atomic E-state index is 13.6. The minimum atomic E-state index is 0.0273. The van der Waals surface area contributed by atoms with Crippen molar-refractivity contribution in [1.29, 1.82) is 0 Å². The van der Waals surface area contributed by atoms with Gasteiger partial charge in [-0.1, -0.05) is 90.2 Å². The van der Waals surface area contributed by atoms with E-state index in [0.717, 1.165) is 65.8 Å². The summed E-state index contributed by atoms with van der Waals surface area (Å²) in [5, 5.41) is 0.918. The molecule has 1 heterocycles. The Kier molecular flexibility index (Phi) is 15.1. The average Bonchev–Trinajstić information content (AvgIpc) is 3.35. The molecule has 4 nitrogen and oxygen atoms in total. The Balaban J connectivity index is 1.48. The number of benzene rings is 2. The smallest absolute Gasteiger partial charge is 0.197 e. The molecule has 0 saturated heterocycles. The van der Waals surface area contributed by atoms with Gasteiger partial charge in [0, 0.05) is 23.9 Å². The van der Waals surface area contributed by atoms with Gasteiger partial charge in [-0.3, -0.25) is 4.79 Å². The summed E-state index contributed by atoms with van der Waals surface area (Å²) in [6.45, 7) is 12.9. The van der Waals surface area contributed by atoms with E-state index < -0.39 is 0 Å². The molecule has 0 unspecified atom stereocenters. The molecule has 0 aliphatic heterocycles. The highest BCUT2D eigenvalue weighted by Crippen LogP contribution is 2.30. The summed E-state index contributed by atoms with van der Waals surface area (Å²) in [5.41, 5.74) is 3.31. The minimum Gasteiger partial charge on any atom is -0.494 e. The third kappa shape index (κ3) is 11.0. The molecule has 3 aromatic rings. The minimum absolute atomic E-state index is 0.0273. The number of aryl methyl sites for hydroxylation is 2. The van der Waals surface area contributed by atoms with E-state index in [4.69, 9.17) is 9.15 Å². The largest absolute Gasteiger partial charge is 0.494 e. The molecule has 226 valence electrons. The highest BCUT2D eigenvalue weighted by molar-refractivity contribution is 6.17. The zero-order valence-corrected chi connectivity index (χ0v) is 26.4. The summed E-state index contributed by atoms with van der Waals surface area (Å²) in [6, 6.07) is 13.7. The zero-order chi connectivity index (χ0) is 29.3. The quantitative estimate of drug-likeness (QED) is 0.0904. The number of carbonyl (C=O) groups is 1.